The highest BCUT2D eigenvalue weighted by Crippen LogP contribution is 2.35. The van der Waals surface area contributed by atoms with E-state index < -0.39 is 18.4 Å². The van der Waals surface area contributed by atoms with Gasteiger partial charge in [-0.2, -0.15) is 0 Å². The van der Waals surface area contributed by atoms with Gasteiger partial charge in [-0.1, -0.05) is 6.92 Å². The Morgan fingerprint density at radius 3 is 2.89 bits per heavy atom. The SMILES string of the molecule is CC1[C@H](n2cnc3c(N)ncnc32)O[C@H](CO)[C@H]1O. The van der Waals surface area contributed by atoms with Crippen LogP contribution in [0.3, 0.4) is 0 Å². The Morgan fingerprint density at radius 2 is 2.21 bits per heavy atom. The maximum absolute atomic E-state index is 9.98. The summed E-state index contributed by atoms with van der Waals surface area (Å²) < 4.78 is 7.35. The number of nitrogen functional groups attached to an aromatic ring is 1. The highest BCUT2D eigenvalue weighted by Gasteiger charge is 2.42. The number of hydrogen-bond donors (Lipinski definition) is 3. The lowest BCUT2D eigenvalue weighted by atomic mass is 10.0. The van der Waals surface area contributed by atoms with E-state index >= 15 is 0 Å². The van der Waals surface area contributed by atoms with Crippen molar-refractivity contribution < 1.29 is 14.9 Å². The highest BCUT2D eigenvalue weighted by atomic mass is 16.5. The summed E-state index contributed by atoms with van der Waals surface area (Å²) >= 11 is 0. The maximum Gasteiger partial charge on any atom is 0.167 e. The molecule has 2 aromatic heterocycles. The number of aliphatic hydroxyl groups is 2. The number of imidazole rings is 1. The van der Waals surface area contributed by atoms with Crippen molar-refractivity contribution >= 4 is 17.0 Å². The molecule has 2 aromatic rings. The molecule has 4 atom stereocenters. The average molecular weight is 265 g/mol. The van der Waals surface area contributed by atoms with Gasteiger partial charge in [-0.25, -0.2) is 15.0 Å². The molecule has 0 spiro atoms. The van der Waals surface area contributed by atoms with Crippen LogP contribution in [0.1, 0.15) is 13.2 Å². The fraction of sp³-hybridized carbons (Fsp3) is 0.545. The Bertz CT molecular complexity index is 601. The third kappa shape index (κ3) is 1.76. The molecule has 3 rings (SSSR count). The normalized spacial score (nSPS) is 31.1. The van der Waals surface area contributed by atoms with E-state index in [9.17, 15) is 10.2 Å². The molecule has 1 aliphatic rings. The Kier molecular flexibility index (Phi) is 2.85. The van der Waals surface area contributed by atoms with Gasteiger partial charge in [0.2, 0.25) is 0 Å². The van der Waals surface area contributed by atoms with E-state index in [1.54, 1.807) is 10.9 Å². The van der Waals surface area contributed by atoms with E-state index in [1.165, 1.54) is 6.33 Å². The fourth-order valence-electron chi connectivity index (χ4n) is 2.42. The van der Waals surface area contributed by atoms with Gasteiger partial charge in [0.1, 0.15) is 24.2 Å². The Labute approximate surface area is 108 Å². The molecule has 4 N–H and O–H groups in total. The van der Waals surface area contributed by atoms with Gasteiger partial charge in [0.05, 0.1) is 19.0 Å². The van der Waals surface area contributed by atoms with Crippen LogP contribution in [0.5, 0.6) is 0 Å². The first-order valence-corrected chi connectivity index (χ1v) is 6.01. The van der Waals surface area contributed by atoms with Crippen molar-refractivity contribution in [1.82, 2.24) is 19.5 Å². The molecule has 0 aliphatic carbocycles. The van der Waals surface area contributed by atoms with Gasteiger partial charge < -0.3 is 20.7 Å². The Morgan fingerprint density at radius 1 is 1.42 bits per heavy atom. The number of nitrogens with zero attached hydrogens (tertiary/aromatic N) is 4. The highest BCUT2D eigenvalue weighted by molar-refractivity contribution is 5.81. The van der Waals surface area contributed by atoms with Crippen molar-refractivity contribution in [1.29, 1.82) is 0 Å². The summed E-state index contributed by atoms with van der Waals surface area (Å²) in [7, 11) is 0. The van der Waals surface area contributed by atoms with Crippen LogP contribution in [-0.2, 0) is 4.74 Å². The summed E-state index contributed by atoms with van der Waals surface area (Å²) in [4.78, 5) is 12.2. The van der Waals surface area contributed by atoms with Crippen LogP contribution in [0.4, 0.5) is 5.82 Å². The van der Waals surface area contributed by atoms with Gasteiger partial charge in [-0.3, -0.25) is 4.57 Å². The molecule has 0 saturated carbocycles. The van der Waals surface area contributed by atoms with Crippen LogP contribution in [0.15, 0.2) is 12.7 Å². The third-order valence-corrected chi connectivity index (χ3v) is 3.52. The van der Waals surface area contributed by atoms with E-state index in [-0.39, 0.29) is 12.5 Å². The van der Waals surface area contributed by atoms with Crippen molar-refractivity contribution in [3.05, 3.63) is 12.7 Å². The number of ether oxygens (including phenoxy) is 1. The molecule has 1 saturated heterocycles. The number of fused-ring (bicyclic) bond motifs is 1. The standard InChI is InChI=1S/C11H15N5O3/c1-5-8(18)6(2-17)19-11(5)16-4-15-7-9(12)13-3-14-10(7)16/h3-6,8,11,17-18H,2H2,1H3,(H2,12,13,14)/t5?,6-,8+,11-/m1/s1. The molecule has 19 heavy (non-hydrogen) atoms. The molecular weight excluding hydrogens is 250 g/mol. The van der Waals surface area contributed by atoms with Crippen molar-refractivity contribution in [2.75, 3.05) is 12.3 Å². The van der Waals surface area contributed by atoms with Crippen molar-refractivity contribution in [3.8, 4) is 0 Å². The summed E-state index contributed by atoms with van der Waals surface area (Å²) in [6.07, 6.45) is 1.15. The predicted molar refractivity (Wildman–Crippen MR) is 65.9 cm³/mol. The molecule has 0 amide bonds. The molecule has 8 heteroatoms. The molecule has 1 fully saturated rings. The van der Waals surface area contributed by atoms with Crippen LogP contribution in [0.2, 0.25) is 0 Å². The van der Waals surface area contributed by atoms with E-state index in [4.69, 9.17) is 10.5 Å². The van der Waals surface area contributed by atoms with E-state index in [1.807, 2.05) is 6.92 Å². The zero-order valence-electron chi connectivity index (χ0n) is 10.3. The quantitative estimate of drug-likeness (QED) is 0.656. The first kappa shape index (κ1) is 12.3. The summed E-state index contributed by atoms with van der Waals surface area (Å²) in [6, 6.07) is 0. The maximum atomic E-state index is 9.98. The van der Waals surface area contributed by atoms with Crippen LogP contribution in [-0.4, -0.2) is 48.5 Å². The van der Waals surface area contributed by atoms with Crippen molar-refractivity contribution in [2.45, 2.75) is 25.4 Å². The number of rotatable bonds is 2. The Balaban J connectivity index is 2.04. The second-order valence-corrected chi connectivity index (χ2v) is 4.68. The first-order valence-electron chi connectivity index (χ1n) is 6.01. The molecule has 8 nitrogen and oxygen atoms in total. The number of hydrogen-bond acceptors (Lipinski definition) is 7. The molecule has 1 aliphatic heterocycles. The lowest BCUT2D eigenvalue weighted by Gasteiger charge is -2.17. The van der Waals surface area contributed by atoms with Crippen LogP contribution >= 0.6 is 0 Å². The number of anilines is 1. The van der Waals surface area contributed by atoms with Crippen LogP contribution in [0.25, 0.3) is 11.2 Å². The van der Waals surface area contributed by atoms with Gasteiger partial charge in [0, 0.05) is 5.92 Å². The Hall–Kier alpha value is -1.77. The monoisotopic (exact) mass is 265 g/mol. The lowest BCUT2D eigenvalue weighted by molar-refractivity contribution is -0.0447. The minimum atomic E-state index is -0.730. The smallest absolute Gasteiger partial charge is 0.167 e. The molecular formula is C11H15N5O3. The average Bonchev–Trinajstić information content (AvgIpc) is 2.94. The summed E-state index contributed by atoms with van der Waals surface area (Å²) in [5, 5.41) is 19.1. The molecule has 0 radical (unpaired) electrons. The molecule has 102 valence electrons. The van der Waals surface area contributed by atoms with Gasteiger partial charge >= 0.3 is 0 Å². The zero-order valence-corrected chi connectivity index (χ0v) is 10.3. The van der Waals surface area contributed by atoms with Gasteiger partial charge in [0.15, 0.2) is 11.5 Å². The second-order valence-electron chi connectivity index (χ2n) is 4.68. The van der Waals surface area contributed by atoms with Crippen LogP contribution < -0.4 is 5.73 Å². The van der Waals surface area contributed by atoms with Gasteiger partial charge in [-0.15, -0.1) is 0 Å². The summed E-state index contributed by atoms with van der Waals surface area (Å²) in [5.74, 6) is 0.111. The van der Waals surface area contributed by atoms with E-state index in [0.717, 1.165) is 0 Å². The second kappa shape index (κ2) is 4.41. The number of nitrogens with two attached hydrogens (primary N) is 1. The van der Waals surface area contributed by atoms with Crippen LogP contribution in [0, 0.1) is 5.92 Å². The molecule has 3 heterocycles. The molecule has 0 bridgehead atoms. The topological polar surface area (TPSA) is 119 Å². The lowest BCUT2D eigenvalue weighted by Crippen LogP contribution is -2.28. The predicted octanol–water partition coefficient (Wildman–Crippen LogP) is -0.705. The van der Waals surface area contributed by atoms with E-state index in [2.05, 4.69) is 15.0 Å². The number of aliphatic hydroxyl groups excluding tert-OH is 2. The van der Waals surface area contributed by atoms with E-state index in [0.29, 0.717) is 17.0 Å². The first-order chi connectivity index (χ1) is 9.13. The molecule has 0 aromatic carbocycles. The van der Waals surface area contributed by atoms with Crippen molar-refractivity contribution in [2.24, 2.45) is 5.92 Å². The summed E-state index contributed by atoms with van der Waals surface area (Å²) in [6.45, 7) is 1.62. The summed E-state index contributed by atoms with van der Waals surface area (Å²) in [5.41, 5.74) is 6.78. The molecule has 1 unspecified atom stereocenters. The minimum Gasteiger partial charge on any atom is -0.394 e. The number of aromatic nitrogens is 4. The van der Waals surface area contributed by atoms with Crippen molar-refractivity contribution in [3.63, 3.8) is 0 Å². The third-order valence-electron chi connectivity index (χ3n) is 3.52. The fourth-order valence-corrected chi connectivity index (χ4v) is 2.42. The zero-order chi connectivity index (χ0) is 13.6. The largest absolute Gasteiger partial charge is 0.394 e. The van der Waals surface area contributed by atoms with Gasteiger partial charge in [0.25, 0.3) is 0 Å². The van der Waals surface area contributed by atoms with Gasteiger partial charge in [-0.05, 0) is 0 Å². The minimum absolute atomic E-state index is 0.189.